The highest BCUT2D eigenvalue weighted by atomic mass is 35.5. The molecule has 88 valence electrons. The van der Waals surface area contributed by atoms with Gasteiger partial charge in [0.15, 0.2) is 0 Å². The van der Waals surface area contributed by atoms with Gasteiger partial charge in [0.2, 0.25) is 0 Å². The smallest absolute Gasteiger partial charge is 0.0642 e. The van der Waals surface area contributed by atoms with Crippen LogP contribution in [0.5, 0.6) is 0 Å². The first-order chi connectivity index (χ1) is 7.70. The molecule has 1 fully saturated rings. The van der Waals surface area contributed by atoms with Gasteiger partial charge in [0.25, 0.3) is 0 Å². The Balaban J connectivity index is 2.06. The molecule has 0 saturated heterocycles. The highest BCUT2D eigenvalue weighted by Crippen LogP contribution is 2.31. The molecule has 0 amide bonds. The first-order valence-corrected chi connectivity index (χ1v) is 6.28. The van der Waals surface area contributed by atoms with E-state index in [4.69, 9.17) is 17.3 Å². The standard InChI is InChI=1S/C13H19ClN2/c1-16(9-10-3-2-4-10)13-6-5-11(8-15)7-12(13)14/h5-7,10H,2-4,8-9,15H2,1H3. The Morgan fingerprint density at radius 1 is 1.44 bits per heavy atom. The topological polar surface area (TPSA) is 29.3 Å². The predicted molar refractivity (Wildman–Crippen MR) is 70.0 cm³/mol. The predicted octanol–water partition coefficient (Wildman–Crippen LogP) is 3.04. The van der Waals surface area contributed by atoms with Crippen LogP contribution in [-0.2, 0) is 6.54 Å². The summed E-state index contributed by atoms with van der Waals surface area (Å²) in [6, 6.07) is 6.09. The summed E-state index contributed by atoms with van der Waals surface area (Å²) in [5, 5.41) is 0.810. The van der Waals surface area contributed by atoms with Crippen molar-refractivity contribution in [1.29, 1.82) is 0 Å². The first-order valence-electron chi connectivity index (χ1n) is 5.90. The minimum Gasteiger partial charge on any atom is -0.373 e. The molecule has 0 unspecified atom stereocenters. The molecule has 0 atom stereocenters. The van der Waals surface area contributed by atoms with Crippen molar-refractivity contribution < 1.29 is 0 Å². The fourth-order valence-corrected chi connectivity index (χ4v) is 2.50. The van der Waals surface area contributed by atoms with Crippen LogP contribution in [0.15, 0.2) is 18.2 Å². The Labute approximate surface area is 102 Å². The fourth-order valence-electron chi connectivity index (χ4n) is 2.15. The summed E-state index contributed by atoms with van der Waals surface area (Å²) in [4.78, 5) is 2.26. The highest BCUT2D eigenvalue weighted by molar-refractivity contribution is 6.33. The summed E-state index contributed by atoms with van der Waals surface area (Å²) < 4.78 is 0. The largest absolute Gasteiger partial charge is 0.373 e. The molecule has 2 nitrogen and oxygen atoms in total. The lowest BCUT2D eigenvalue weighted by Crippen LogP contribution is -2.29. The zero-order valence-electron chi connectivity index (χ0n) is 9.75. The van der Waals surface area contributed by atoms with Gasteiger partial charge in [-0.15, -0.1) is 0 Å². The fraction of sp³-hybridized carbons (Fsp3) is 0.538. The number of anilines is 1. The van der Waals surface area contributed by atoms with E-state index in [1.165, 1.54) is 19.3 Å². The van der Waals surface area contributed by atoms with Crippen LogP contribution in [0, 0.1) is 5.92 Å². The first kappa shape index (κ1) is 11.7. The van der Waals surface area contributed by atoms with E-state index in [2.05, 4.69) is 24.1 Å². The summed E-state index contributed by atoms with van der Waals surface area (Å²) in [6.45, 7) is 1.66. The van der Waals surface area contributed by atoms with Crippen molar-refractivity contribution in [2.45, 2.75) is 25.8 Å². The van der Waals surface area contributed by atoms with Crippen molar-refractivity contribution in [3.8, 4) is 0 Å². The Bertz CT molecular complexity index is 361. The molecule has 1 aliphatic carbocycles. The van der Waals surface area contributed by atoms with E-state index >= 15 is 0 Å². The molecule has 0 heterocycles. The maximum Gasteiger partial charge on any atom is 0.0642 e. The van der Waals surface area contributed by atoms with Crippen LogP contribution in [0.1, 0.15) is 24.8 Å². The van der Waals surface area contributed by atoms with E-state index in [1.54, 1.807) is 0 Å². The van der Waals surface area contributed by atoms with Gasteiger partial charge in [-0.2, -0.15) is 0 Å². The molecule has 0 radical (unpaired) electrons. The second-order valence-corrected chi connectivity index (χ2v) is 5.07. The number of hydrogen-bond acceptors (Lipinski definition) is 2. The van der Waals surface area contributed by atoms with E-state index in [-0.39, 0.29) is 0 Å². The monoisotopic (exact) mass is 238 g/mol. The average molecular weight is 239 g/mol. The number of benzene rings is 1. The molecule has 2 rings (SSSR count). The zero-order chi connectivity index (χ0) is 11.5. The summed E-state index contributed by atoms with van der Waals surface area (Å²) in [6.07, 6.45) is 4.12. The molecule has 1 aliphatic rings. The van der Waals surface area contributed by atoms with Crippen LogP contribution in [0.4, 0.5) is 5.69 Å². The summed E-state index contributed by atoms with van der Waals surface area (Å²) in [5.41, 5.74) is 7.79. The second-order valence-electron chi connectivity index (χ2n) is 4.67. The number of rotatable bonds is 4. The maximum absolute atomic E-state index is 6.25. The third kappa shape index (κ3) is 2.50. The van der Waals surface area contributed by atoms with Crippen molar-refractivity contribution in [1.82, 2.24) is 0 Å². The summed E-state index contributed by atoms with van der Waals surface area (Å²) in [5.74, 6) is 0.857. The van der Waals surface area contributed by atoms with Gasteiger partial charge in [-0.1, -0.05) is 24.1 Å². The molecule has 0 aromatic heterocycles. The number of nitrogens with zero attached hydrogens (tertiary/aromatic N) is 1. The Morgan fingerprint density at radius 3 is 2.69 bits per heavy atom. The van der Waals surface area contributed by atoms with Gasteiger partial charge >= 0.3 is 0 Å². The second kappa shape index (κ2) is 5.07. The van der Waals surface area contributed by atoms with Crippen LogP contribution >= 0.6 is 11.6 Å². The molecule has 0 spiro atoms. The van der Waals surface area contributed by atoms with E-state index in [1.807, 2.05) is 6.07 Å². The SMILES string of the molecule is CN(CC1CCC1)c1ccc(CN)cc1Cl. The Hall–Kier alpha value is -0.730. The number of halogens is 1. The van der Waals surface area contributed by atoms with E-state index < -0.39 is 0 Å². The molecule has 0 bridgehead atoms. The van der Waals surface area contributed by atoms with Crippen LogP contribution < -0.4 is 10.6 Å². The third-order valence-electron chi connectivity index (χ3n) is 3.42. The van der Waals surface area contributed by atoms with Gasteiger partial charge in [-0.3, -0.25) is 0 Å². The van der Waals surface area contributed by atoms with Crippen molar-refractivity contribution in [2.75, 3.05) is 18.5 Å². The minimum absolute atomic E-state index is 0.548. The normalized spacial score (nSPS) is 15.9. The Kier molecular flexibility index (Phi) is 3.72. The van der Waals surface area contributed by atoms with Gasteiger partial charge in [-0.25, -0.2) is 0 Å². The molecule has 1 aromatic carbocycles. The minimum atomic E-state index is 0.548. The summed E-state index contributed by atoms with van der Waals surface area (Å²) in [7, 11) is 2.11. The molecule has 0 aliphatic heterocycles. The third-order valence-corrected chi connectivity index (χ3v) is 3.72. The maximum atomic E-state index is 6.25. The van der Waals surface area contributed by atoms with E-state index in [9.17, 15) is 0 Å². The van der Waals surface area contributed by atoms with Crippen LogP contribution in [0.2, 0.25) is 5.02 Å². The van der Waals surface area contributed by atoms with E-state index in [0.717, 1.165) is 28.7 Å². The molecule has 1 saturated carbocycles. The highest BCUT2D eigenvalue weighted by Gasteiger charge is 2.20. The van der Waals surface area contributed by atoms with E-state index in [0.29, 0.717) is 6.54 Å². The number of hydrogen-bond donors (Lipinski definition) is 1. The molecular formula is C13H19ClN2. The Morgan fingerprint density at radius 2 is 2.19 bits per heavy atom. The van der Waals surface area contributed by atoms with Gasteiger partial charge in [-0.05, 0) is 36.5 Å². The van der Waals surface area contributed by atoms with Crippen LogP contribution in [0.3, 0.4) is 0 Å². The van der Waals surface area contributed by atoms with Gasteiger partial charge in [0.05, 0.1) is 10.7 Å². The molecule has 1 aromatic rings. The molecule has 3 heteroatoms. The average Bonchev–Trinajstić information content (AvgIpc) is 2.23. The zero-order valence-corrected chi connectivity index (χ0v) is 10.5. The lowest BCUT2D eigenvalue weighted by Gasteiger charge is -2.31. The van der Waals surface area contributed by atoms with Gasteiger partial charge < -0.3 is 10.6 Å². The van der Waals surface area contributed by atoms with Crippen molar-refractivity contribution in [3.05, 3.63) is 28.8 Å². The van der Waals surface area contributed by atoms with Gasteiger partial charge in [0, 0.05) is 20.1 Å². The lowest BCUT2D eigenvalue weighted by molar-refractivity contribution is 0.321. The van der Waals surface area contributed by atoms with Gasteiger partial charge in [0.1, 0.15) is 0 Å². The number of nitrogens with two attached hydrogens (primary N) is 1. The van der Waals surface area contributed by atoms with Crippen molar-refractivity contribution in [2.24, 2.45) is 11.7 Å². The van der Waals surface area contributed by atoms with Crippen molar-refractivity contribution in [3.63, 3.8) is 0 Å². The lowest BCUT2D eigenvalue weighted by atomic mass is 9.85. The molecular weight excluding hydrogens is 220 g/mol. The van der Waals surface area contributed by atoms with Crippen LogP contribution in [-0.4, -0.2) is 13.6 Å². The quantitative estimate of drug-likeness (QED) is 0.874. The molecule has 2 N–H and O–H groups in total. The summed E-state index contributed by atoms with van der Waals surface area (Å²) >= 11 is 6.25. The molecule has 16 heavy (non-hydrogen) atoms. The van der Waals surface area contributed by atoms with Crippen LogP contribution in [0.25, 0.3) is 0 Å². The van der Waals surface area contributed by atoms with Crippen molar-refractivity contribution >= 4 is 17.3 Å².